The van der Waals surface area contributed by atoms with E-state index in [4.69, 9.17) is 28.8 Å². The van der Waals surface area contributed by atoms with Gasteiger partial charge in [0.1, 0.15) is 12.2 Å². The van der Waals surface area contributed by atoms with Gasteiger partial charge in [-0.25, -0.2) is 9.36 Å². The van der Waals surface area contributed by atoms with Crippen molar-refractivity contribution in [3.8, 4) is 0 Å². The third kappa shape index (κ3) is 5.51. The van der Waals surface area contributed by atoms with E-state index in [1.807, 2.05) is 6.92 Å². The molecule has 5 atom stereocenters. The number of rotatable bonds is 9. The minimum Gasteiger partial charge on any atom is -0.466 e. The number of fused-ring (bicyclic) bond motifs is 1. The molecule has 3 rings (SSSR count). The molecular weight excluding hydrogens is 433 g/mol. The van der Waals surface area contributed by atoms with Gasteiger partial charge in [-0.2, -0.15) is 0 Å². The summed E-state index contributed by atoms with van der Waals surface area (Å²) in [5.41, 5.74) is 3.87. The Hall–Kier alpha value is -1.82. The van der Waals surface area contributed by atoms with Crippen molar-refractivity contribution in [2.24, 2.45) is 5.73 Å². The quantitative estimate of drug-likeness (QED) is 0.306. The normalized spacial score (nSPS) is 32.5. The van der Waals surface area contributed by atoms with Crippen LogP contribution in [0, 0.1) is 0 Å². The van der Waals surface area contributed by atoms with E-state index in [-0.39, 0.29) is 32.0 Å². The first-order valence-electron chi connectivity index (χ1n) is 10.2. The molecule has 0 radical (unpaired) electrons. The number of hydrogen-bond donors (Lipinski definition) is 2. The summed E-state index contributed by atoms with van der Waals surface area (Å²) in [5.74, 6) is -0.353. The molecule has 0 unspecified atom stereocenters. The molecule has 0 aromatic carbocycles. The lowest BCUT2D eigenvalue weighted by molar-refractivity contribution is -0.144. The van der Waals surface area contributed by atoms with Gasteiger partial charge in [0.15, 0.2) is 6.23 Å². The number of unbranched alkanes of at least 4 members (excludes halogenated alkanes) is 1. The van der Waals surface area contributed by atoms with Crippen LogP contribution in [0.2, 0.25) is 0 Å². The lowest BCUT2D eigenvalue weighted by atomic mass is 9.93. The number of ether oxygens (including phenoxy) is 2. The molecule has 3 N–H and O–H groups in total. The maximum atomic E-state index is 12.9. The number of aromatic amines is 1. The Balaban J connectivity index is 1.58. The Bertz CT molecular complexity index is 944. The summed E-state index contributed by atoms with van der Waals surface area (Å²) in [6.45, 7) is 3.79. The fraction of sp³-hybridized carbons (Fsp3) is 0.722. The minimum atomic E-state index is -3.94. The Labute approximate surface area is 178 Å². The molecule has 2 saturated heterocycles. The van der Waals surface area contributed by atoms with Crippen LogP contribution in [0.3, 0.4) is 0 Å². The number of phosphoric ester groups is 1. The molecule has 174 valence electrons. The Morgan fingerprint density at radius 2 is 2.16 bits per heavy atom. The highest BCUT2D eigenvalue weighted by Gasteiger charge is 2.59. The van der Waals surface area contributed by atoms with Crippen molar-refractivity contribution in [1.82, 2.24) is 9.55 Å². The predicted octanol–water partition coefficient (Wildman–Crippen LogP) is 0.815. The molecule has 0 bridgehead atoms. The molecule has 2 aliphatic heterocycles. The highest BCUT2D eigenvalue weighted by atomic mass is 31.2. The van der Waals surface area contributed by atoms with E-state index in [1.54, 1.807) is 6.92 Å². The van der Waals surface area contributed by atoms with E-state index in [0.29, 0.717) is 6.61 Å². The summed E-state index contributed by atoms with van der Waals surface area (Å²) >= 11 is 0. The number of esters is 1. The number of phosphoric acid groups is 1. The monoisotopic (exact) mass is 461 g/mol. The number of nitrogens with zero attached hydrogens (tertiary/aromatic N) is 1. The van der Waals surface area contributed by atoms with Crippen LogP contribution in [-0.2, 0) is 32.4 Å². The van der Waals surface area contributed by atoms with Crippen LogP contribution < -0.4 is 17.0 Å². The summed E-state index contributed by atoms with van der Waals surface area (Å²) in [6.07, 6.45) is 0.816. The van der Waals surface area contributed by atoms with E-state index in [2.05, 4.69) is 4.98 Å². The van der Waals surface area contributed by atoms with Crippen molar-refractivity contribution in [3.05, 3.63) is 33.1 Å². The molecule has 0 saturated carbocycles. The number of carbonyl (C=O) groups is 1. The zero-order chi connectivity index (χ0) is 22.6. The van der Waals surface area contributed by atoms with Crippen LogP contribution in [0.5, 0.6) is 0 Å². The molecule has 13 heteroatoms. The summed E-state index contributed by atoms with van der Waals surface area (Å²) in [6, 6.07) is 1.17. The molecular formula is C18H28N3O9P. The van der Waals surface area contributed by atoms with Crippen LogP contribution in [-0.4, -0.2) is 53.1 Å². The van der Waals surface area contributed by atoms with Gasteiger partial charge in [0.2, 0.25) is 0 Å². The molecule has 0 amide bonds. The molecule has 31 heavy (non-hydrogen) atoms. The average molecular weight is 461 g/mol. The van der Waals surface area contributed by atoms with Crippen molar-refractivity contribution in [1.29, 1.82) is 0 Å². The number of aromatic nitrogens is 2. The van der Waals surface area contributed by atoms with E-state index in [0.717, 1.165) is 17.4 Å². The van der Waals surface area contributed by atoms with Crippen molar-refractivity contribution >= 4 is 13.8 Å². The first-order valence-corrected chi connectivity index (χ1v) is 11.6. The summed E-state index contributed by atoms with van der Waals surface area (Å²) in [7, 11) is -3.94. The fourth-order valence-electron chi connectivity index (χ4n) is 3.41. The SMILES string of the molecule is CCCCOC(=O)CCCO[P@]1(=O)OC[C@H]2O[C@@H](n3ccc(=O)[nH]c3=O)[C@](C)(N)[C@@H]2O1. The second kappa shape index (κ2) is 9.76. The van der Waals surface area contributed by atoms with Gasteiger partial charge in [0.05, 0.1) is 25.4 Å². The van der Waals surface area contributed by atoms with Gasteiger partial charge in [-0.15, -0.1) is 0 Å². The molecule has 0 spiro atoms. The largest absolute Gasteiger partial charge is 0.475 e. The van der Waals surface area contributed by atoms with Gasteiger partial charge in [-0.05, 0) is 19.8 Å². The van der Waals surface area contributed by atoms with Crippen LogP contribution in [0.1, 0.15) is 45.8 Å². The zero-order valence-electron chi connectivity index (χ0n) is 17.5. The minimum absolute atomic E-state index is 0.0392. The maximum Gasteiger partial charge on any atom is 0.475 e. The van der Waals surface area contributed by atoms with E-state index < -0.39 is 43.0 Å². The van der Waals surface area contributed by atoms with Crippen LogP contribution in [0.4, 0.5) is 0 Å². The number of hydrogen-bond acceptors (Lipinski definition) is 10. The van der Waals surface area contributed by atoms with E-state index in [1.165, 1.54) is 12.3 Å². The molecule has 2 fully saturated rings. The summed E-state index contributed by atoms with van der Waals surface area (Å²) in [5, 5.41) is 0. The van der Waals surface area contributed by atoms with Crippen molar-refractivity contribution in [2.45, 2.75) is 63.5 Å². The maximum absolute atomic E-state index is 12.9. The standard InChI is InChI=1S/C18H28N3O9P/c1-3-4-9-26-14(23)6-5-10-27-31(25)28-11-12-15(30-31)18(2,19)16(29-12)21-8-7-13(22)20-17(21)24/h7-8,12,15-16H,3-6,9-11,19H2,1-2H3,(H,20,22,24)/t12-,15-,16-,18-,31-/m1/s1. The zero-order valence-corrected chi connectivity index (χ0v) is 18.4. The van der Waals surface area contributed by atoms with Gasteiger partial charge in [-0.3, -0.25) is 32.7 Å². The molecule has 1 aromatic heterocycles. The third-order valence-electron chi connectivity index (χ3n) is 5.07. The first kappa shape index (κ1) is 23.8. The van der Waals surface area contributed by atoms with Crippen molar-refractivity contribution in [2.75, 3.05) is 19.8 Å². The van der Waals surface area contributed by atoms with E-state index >= 15 is 0 Å². The lowest BCUT2D eigenvalue weighted by Gasteiger charge is -2.35. The number of carbonyl (C=O) groups excluding carboxylic acids is 1. The molecule has 2 aliphatic rings. The highest BCUT2D eigenvalue weighted by Crippen LogP contribution is 2.58. The van der Waals surface area contributed by atoms with E-state index in [9.17, 15) is 18.9 Å². The van der Waals surface area contributed by atoms with Crippen molar-refractivity contribution < 1.29 is 32.4 Å². The number of nitrogens with two attached hydrogens (primary N) is 1. The topological polar surface area (TPSA) is 161 Å². The Morgan fingerprint density at radius 3 is 2.87 bits per heavy atom. The Morgan fingerprint density at radius 1 is 1.39 bits per heavy atom. The van der Waals surface area contributed by atoms with Crippen LogP contribution >= 0.6 is 7.82 Å². The number of nitrogens with one attached hydrogen (secondary N) is 1. The molecule has 12 nitrogen and oxygen atoms in total. The molecule has 3 heterocycles. The van der Waals surface area contributed by atoms with Crippen LogP contribution in [0.25, 0.3) is 0 Å². The second-order valence-electron chi connectivity index (χ2n) is 7.69. The third-order valence-corrected chi connectivity index (χ3v) is 6.51. The van der Waals surface area contributed by atoms with Gasteiger partial charge in [0.25, 0.3) is 5.56 Å². The predicted molar refractivity (Wildman–Crippen MR) is 107 cm³/mol. The second-order valence-corrected chi connectivity index (χ2v) is 9.31. The molecule has 0 aliphatic carbocycles. The van der Waals surface area contributed by atoms with Gasteiger partial charge in [0, 0.05) is 18.7 Å². The first-order chi connectivity index (χ1) is 14.7. The number of H-pyrrole nitrogens is 1. The fourth-order valence-corrected chi connectivity index (χ4v) is 4.93. The Kier molecular flexibility index (Phi) is 7.51. The lowest BCUT2D eigenvalue weighted by Crippen LogP contribution is -2.55. The van der Waals surface area contributed by atoms with Gasteiger partial charge < -0.3 is 15.2 Å². The summed E-state index contributed by atoms with van der Waals surface area (Å²) < 4.78 is 41.0. The van der Waals surface area contributed by atoms with Gasteiger partial charge >= 0.3 is 19.5 Å². The highest BCUT2D eigenvalue weighted by molar-refractivity contribution is 7.48. The van der Waals surface area contributed by atoms with Crippen molar-refractivity contribution in [3.63, 3.8) is 0 Å². The average Bonchev–Trinajstić information content (AvgIpc) is 2.96. The smallest absolute Gasteiger partial charge is 0.466 e. The van der Waals surface area contributed by atoms with Crippen LogP contribution in [0.15, 0.2) is 21.9 Å². The molecule has 1 aromatic rings. The summed E-state index contributed by atoms with van der Waals surface area (Å²) in [4.78, 5) is 37.2. The van der Waals surface area contributed by atoms with Gasteiger partial charge in [-0.1, -0.05) is 13.3 Å².